The third kappa shape index (κ3) is 4.73. The van der Waals surface area contributed by atoms with E-state index in [0.717, 1.165) is 29.8 Å². The molecule has 0 atom stereocenters. The van der Waals surface area contributed by atoms with Crippen molar-refractivity contribution in [2.24, 2.45) is 0 Å². The third-order valence-corrected chi connectivity index (χ3v) is 4.42. The van der Waals surface area contributed by atoms with Gasteiger partial charge in [0.1, 0.15) is 5.75 Å². The molecule has 0 saturated heterocycles. The zero-order chi connectivity index (χ0) is 19.1. The molecule has 27 heavy (non-hydrogen) atoms. The van der Waals surface area contributed by atoms with Crippen molar-refractivity contribution < 1.29 is 4.74 Å². The number of aromatic nitrogens is 3. The van der Waals surface area contributed by atoms with Gasteiger partial charge in [-0.05, 0) is 41.7 Å². The van der Waals surface area contributed by atoms with E-state index < -0.39 is 0 Å². The predicted octanol–water partition coefficient (Wildman–Crippen LogP) is 4.36. The summed E-state index contributed by atoms with van der Waals surface area (Å²) in [5.74, 6) is 2.00. The highest BCUT2D eigenvalue weighted by atomic mass is 16.5. The SMILES string of the molecule is CCc1cccc(CC)c1Nc1cnnc(NCc2ccc(OC)cc2)n1. The molecule has 0 aliphatic rings. The van der Waals surface area contributed by atoms with Crippen molar-refractivity contribution in [1.29, 1.82) is 0 Å². The second-order valence-corrected chi connectivity index (χ2v) is 6.15. The fourth-order valence-electron chi connectivity index (χ4n) is 2.89. The Morgan fingerprint density at radius 2 is 1.67 bits per heavy atom. The second-order valence-electron chi connectivity index (χ2n) is 6.15. The Bertz CT molecular complexity index is 858. The van der Waals surface area contributed by atoms with Gasteiger partial charge in [0.05, 0.1) is 13.3 Å². The maximum Gasteiger partial charge on any atom is 0.244 e. The molecule has 0 aliphatic heterocycles. The lowest BCUT2D eigenvalue weighted by Gasteiger charge is -2.15. The van der Waals surface area contributed by atoms with Crippen LogP contribution < -0.4 is 15.4 Å². The number of anilines is 3. The number of nitrogens with one attached hydrogen (secondary N) is 2. The van der Waals surface area contributed by atoms with Gasteiger partial charge in [-0.1, -0.05) is 44.2 Å². The van der Waals surface area contributed by atoms with E-state index in [0.29, 0.717) is 18.3 Å². The van der Waals surface area contributed by atoms with Gasteiger partial charge in [-0.3, -0.25) is 0 Å². The van der Waals surface area contributed by atoms with Crippen LogP contribution in [0.2, 0.25) is 0 Å². The number of benzene rings is 2. The smallest absolute Gasteiger partial charge is 0.244 e. The topological polar surface area (TPSA) is 72.0 Å². The summed E-state index contributed by atoms with van der Waals surface area (Å²) in [4.78, 5) is 4.55. The Labute approximate surface area is 160 Å². The lowest BCUT2D eigenvalue weighted by Crippen LogP contribution is -2.07. The highest BCUT2D eigenvalue weighted by Crippen LogP contribution is 2.25. The Morgan fingerprint density at radius 1 is 0.963 bits per heavy atom. The van der Waals surface area contributed by atoms with Crippen molar-refractivity contribution >= 4 is 17.5 Å². The van der Waals surface area contributed by atoms with Crippen molar-refractivity contribution in [3.8, 4) is 5.75 Å². The van der Waals surface area contributed by atoms with Crippen molar-refractivity contribution in [1.82, 2.24) is 15.2 Å². The monoisotopic (exact) mass is 363 g/mol. The minimum Gasteiger partial charge on any atom is -0.497 e. The van der Waals surface area contributed by atoms with Gasteiger partial charge in [0, 0.05) is 12.2 Å². The van der Waals surface area contributed by atoms with E-state index in [2.05, 4.69) is 57.9 Å². The summed E-state index contributed by atoms with van der Waals surface area (Å²) in [6, 6.07) is 14.3. The molecule has 0 spiro atoms. The van der Waals surface area contributed by atoms with Gasteiger partial charge in [0.15, 0.2) is 5.82 Å². The average Bonchev–Trinajstić information content (AvgIpc) is 2.73. The molecule has 0 aliphatic carbocycles. The molecule has 0 radical (unpaired) electrons. The van der Waals surface area contributed by atoms with Gasteiger partial charge in [-0.15, -0.1) is 5.10 Å². The lowest BCUT2D eigenvalue weighted by molar-refractivity contribution is 0.414. The minimum absolute atomic E-state index is 0.489. The fourth-order valence-corrected chi connectivity index (χ4v) is 2.89. The summed E-state index contributed by atoms with van der Waals surface area (Å²) >= 11 is 0. The number of hydrogen-bond acceptors (Lipinski definition) is 6. The summed E-state index contributed by atoms with van der Waals surface area (Å²) in [6.45, 7) is 4.92. The summed E-state index contributed by atoms with van der Waals surface area (Å²) < 4.78 is 5.18. The molecule has 0 fully saturated rings. The Hall–Kier alpha value is -3.15. The van der Waals surface area contributed by atoms with Gasteiger partial charge >= 0.3 is 0 Å². The summed E-state index contributed by atoms with van der Waals surface area (Å²) in [5.41, 5.74) is 4.76. The summed E-state index contributed by atoms with van der Waals surface area (Å²) in [6.07, 6.45) is 3.55. The van der Waals surface area contributed by atoms with Gasteiger partial charge in [-0.2, -0.15) is 10.1 Å². The van der Waals surface area contributed by atoms with E-state index in [1.807, 2.05) is 24.3 Å². The van der Waals surface area contributed by atoms with Crippen LogP contribution in [0.25, 0.3) is 0 Å². The molecule has 2 N–H and O–H groups in total. The molecular weight excluding hydrogens is 338 g/mol. The van der Waals surface area contributed by atoms with Crippen LogP contribution >= 0.6 is 0 Å². The third-order valence-electron chi connectivity index (χ3n) is 4.42. The zero-order valence-corrected chi connectivity index (χ0v) is 16.0. The van der Waals surface area contributed by atoms with Crippen LogP contribution in [0.15, 0.2) is 48.7 Å². The van der Waals surface area contributed by atoms with Gasteiger partial charge in [-0.25, -0.2) is 0 Å². The molecule has 0 amide bonds. The Balaban J connectivity index is 1.72. The quantitative estimate of drug-likeness (QED) is 0.619. The normalized spacial score (nSPS) is 10.5. The molecule has 2 aromatic carbocycles. The maximum absolute atomic E-state index is 5.18. The van der Waals surface area contributed by atoms with Gasteiger partial charge < -0.3 is 15.4 Å². The highest BCUT2D eigenvalue weighted by molar-refractivity contribution is 5.65. The number of hydrogen-bond donors (Lipinski definition) is 2. The molecule has 140 valence electrons. The molecule has 3 aromatic rings. The number of para-hydroxylation sites is 1. The van der Waals surface area contributed by atoms with Crippen LogP contribution in [0.1, 0.15) is 30.5 Å². The molecule has 0 bridgehead atoms. The number of methoxy groups -OCH3 is 1. The first-order chi connectivity index (χ1) is 13.2. The van der Waals surface area contributed by atoms with Crippen molar-refractivity contribution in [3.05, 3.63) is 65.4 Å². The number of aryl methyl sites for hydroxylation is 2. The Kier molecular flexibility index (Phi) is 6.20. The standard InChI is InChI=1S/C21H25N5O/c1-4-16-7-6-8-17(5-2)20(16)24-19-14-23-26-21(25-19)22-13-15-9-11-18(27-3)12-10-15/h6-12,14H,4-5,13H2,1-3H3,(H2,22,24,25,26). The van der Waals surface area contributed by atoms with Crippen LogP contribution in [0, 0.1) is 0 Å². The largest absolute Gasteiger partial charge is 0.497 e. The number of ether oxygens (including phenoxy) is 1. The van der Waals surface area contributed by atoms with Crippen LogP contribution in [-0.2, 0) is 19.4 Å². The lowest BCUT2D eigenvalue weighted by atomic mass is 10.0. The van der Waals surface area contributed by atoms with E-state index in [-0.39, 0.29) is 0 Å². The van der Waals surface area contributed by atoms with E-state index in [4.69, 9.17) is 4.74 Å². The first-order valence-corrected chi connectivity index (χ1v) is 9.17. The zero-order valence-electron chi connectivity index (χ0n) is 16.0. The minimum atomic E-state index is 0.489. The van der Waals surface area contributed by atoms with E-state index in [9.17, 15) is 0 Å². The summed E-state index contributed by atoms with van der Waals surface area (Å²) in [7, 11) is 1.66. The first kappa shape index (κ1) is 18.6. The molecule has 1 heterocycles. The molecule has 6 nitrogen and oxygen atoms in total. The summed E-state index contributed by atoms with van der Waals surface area (Å²) in [5, 5.41) is 14.8. The average molecular weight is 363 g/mol. The number of rotatable bonds is 8. The van der Waals surface area contributed by atoms with Crippen LogP contribution in [0.3, 0.4) is 0 Å². The predicted molar refractivity (Wildman–Crippen MR) is 109 cm³/mol. The molecular formula is C21H25N5O. The fraction of sp³-hybridized carbons (Fsp3) is 0.286. The molecule has 0 unspecified atom stereocenters. The maximum atomic E-state index is 5.18. The molecule has 6 heteroatoms. The highest BCUT2D eigenvalue weighted by Gasteiger charge is 2.08. The van der Waals surface area contributed by atoms with E-state index in [1.54, 1.807) is 13.3 Å². The van der Waals surface area contributed by atoms with E-state index >= 15 is 0 Å². The second kappa shape index (κ2) is 8.98. The van der Waals surface area contributed by atoms with Crippen molar-refractivity contribution in [2.45, 2.75) is 33.2 Å². The number of nitrogens with zero attached hydrogens (tertiary/aromatic N) is 3. The van der Waals surface area contributed by atoms with Crippen molar-refractivity contribution in [2.75, 3.05) is 17.7 Å². The first-order valence-electron chi connectivity index (χ1n) is 9.17. The molecule has 0 saturated carbocycles. The molecule has 1 aromatic heterocycles. The van der Waals surface area contributed by atoms with Crippen LogP contribution in [0.4, 0.5) is 17.5 Å². The van der Waals surface area contributed by atoms with Gasteiger partial charge in [0.25, 0.3) is 0 Å². The van der Waals surface area contributed by atoms with Gasteiger partial charge in [0.2, 0.25) is 5.95 Å². The van der Waals surface area contributed by atoms with Crippen LogP contribution in [-0.4, -0.2) is 22.3 Å². The van der Waals surface area contributed by atoms with Crippen molar-refractivity contribution in [3.63, 3.8) is 0 Å². The molecule has 3 rings (SSSR count). The van der Waals surface area contributed by atoms with Crippen LogP contribution in [0.5, 0.6) is 5.75 Å². The Morgan fingerprint density at radius 3 is 2.30 bits per heavy atom. The van der Waals surface area contributed by atoms with E-state index in [1.165, 1.54) is 11.1 Å².